The zero-order valence-corrected chi connectivity index (χ0v) is 17.7. The van der Waals surface area contributed by atoms with E-state index in [-0.39, 0.29) is 0 Å². The predicted octanol–water partition coefficient (Wildman–Crippen LogP) is 4.50. The summed E-state index contributed by atoms with van der Waals surface area (Å²) in [4.78, 5) is 11.0. The Morgan fingerprint density at radius 3 is 2.41 bits per heavy atom. The van der Waals surface area contributed by atoms with Crippen LogP contribution in [0.5, 0.6) is 17.2 Å². The van der Waals surface area contributed by atoms with Gasteiger partial charge in [0.15, 0.2) is 11.5 Å². The minimum absolute atomic E-state index is 0.374. The molecular weight excluding hydrogens is 396 g/mol. The highest BCUT2D eigenvalue weighted by Gasteiger charge is 2.12. The lowest BCUT2D eigenvalue weighted by molar-refractivity contribution is 0.171. The quantitative estimate of drug-likeness (QED) is 0.367. The molecular formula is C21H25ClN2O5. The molecule has 29 heavy (non-hydrogen) atoms. The molecule has 0 aliphatic heterocycles. The summed E-state index contributed by atoms with van der Waals surface area (Å²) >= 11 is 6.32. The lowest BCUT2D eigenvalue weighted by Crippen LogP contribution is -2.16. The number of hydrogen-bond acceptors (Lipinski definition) is 6. The molecule has 0 aromatic heterocycles. The standard InChI is InChI=1S/C21H25ClN2O5/c1-14-8-15(2)10-17(9-14)28-6-5-7-29-20-18(22)11-16(12-19(20)26-3)13-23-24-21(25)27-4/h8-13H,5-7H2,1-4H3,(H,24,25)/b23-13+. The highest BCUT2D eigenvalue weighted by atomic mass is 35.5. The Bertz CT molecular complexity index is 850. The largest absolute Gasteiger partial charge is 0.493 e. The number of nitrogens with one attached hydrogen (secondary N) is 1. The molecule has 1 N–H and O–H groups in total. The van der Waals surface area contributed by atoms with Crippen molar-refractivity contribution in [2.75, 3.05) is 27.4 Å². The van der Waals surface area contributed by atoms with E-state index >= 15 is 0 Å². The van der Waals surface area contributed by atoms with E-state index in [4.69, 9.17) is 25.8 Å². The topological polar surface area (TPSA) is 78.4 Å². The summed E-state index contributed by atoms with van der Waals surface area (Å²) in [5.74, 6) is 1.76. The second kappa shape index (κ2) is 11.2. The second-order valence-electron chi connectivity index (χ2n) is 6.27. The van der Waals surface area contributed by atoms with Crippen LogP contribution in [0, 0.1) is 13.8 Å². The number of halogens is 1. The summed E-state index contributed by atoms with van der Waals surface area (Å²) in [6.45, 7) is 5.01. The summed E-state index contributed by atoms with van der Waals surface area (Å²) < 4.78 is 21.4. The molecule has 0 fully saturated rings. The van der Waals surface area contributed by atoms with Crippen molar-refractivity contribution in [1.29, 1.82) is 0 Å². The van der Waals surface area contributed by atoms with Crippen LogP contribution in [0.4, 0.5) is 4.79 Å². The molecule has 0 bridgehead atoms. The fraction of sp³-hybridized carbons (Fsp3) is 0.333. The van der Waals surface area contributed by atoms with Gasteiger partial charge in [0, 0.05) is 6.42 Å². The molecule has 7 nitrogen and oxygen atoms in total. The van der Waals surface area contributed by atoms with Crippen LogP contribution >= 0.6 is 11.6 Å². The number of carbonyl (C=O) groups excluding carboxylic acids is 1. The maximum atomic E-state index is 11.0. The first-order chi connectivity index (χ1) is 13.9. The summed E-state index contributed by atoms with van der Waals surface area (Å²) in [5, 5.41) is 4.14. The monoisotopic (exact) mass is 420 g/mol. The number of hydrazone groups is 1. The lowest BCUT2D eigenvalue weighted by atomic mass is 10.1. The first-order valence-corrected chi connectivity index (χ1v) is 9.39. The first-order valence-electron chi connectivity index (χ1n) is 9.01. The maximum absolute atomic E-state index is 11.0. The van der Waals surface area contributed by atoms with Gasteiger partial charge in [0.1, 0.15) is 5.75 Å². The highest BCUT2D eigenvalue weighted by Crippen LogP contribution is 2.36. The maximum Gasteiger partial charge on any atom is 0.427 e. The van der Waals surface area contributed by atoms with Gasteiger partial charge in [0.25, 0.3) is 0 Å². The Hall–Kier alpha value is -2.93. The lowest BCUT2D eigenvalue weighted by Gasteiger charge is -2.14. The number of benzene rings is 2. The van der Waals surface area contributed by atoms with Crippen molar-refractivity contribution in [3.05, 3.63) is 52.0 Å². The van der Waals surface area contributed by atoms with Crippen LogP contribution in [0.3, 0.4) is 0 Å². The number of aryl methyl sites for hydroxylation is 2. The number of carbonyl (C=O) groups is 1. The molecule has 0 heterocycles. The second-order valence-corrected chi connectivity index (χ2v) is 6.68. The van der Waals surface area contributed by atoms with Crippen LogP contribution in [0.25, 0.3) is 0 Å². The van der Waals surface area contributed by atoms with Gasteiger partial charge in [-0.25, -0.2) is 10.2 Å². The molecule has 0 unspecified atom stereocenters. The Morgan fingerprint density at radius 2 is 1.76 bits per heavy atom. The molecule has 0 radical (unpaired) electrons. The molecule has 2 aromatic rings. The molecule has 0 spiro atoms. The van der Waals surface area contributed by atoms with E-state index in [1.165, 1.54) is 20.4 Å². The van der Waals surface area contributed by atoms with Gasteiger partial charge in [-0.1, -0.05) is 17.7 Å². The predicted molar refractivity (Wildman–Crippen MR) is 113 cm³/mol. The molecule has 2 aromatic carbocycles. The average Bonchev–Trinajstić information content (AvgIpc) is 2.67. The van der Waals surface area contributed by atoms with Crippen molar-refractivity contribution in [2.45, 2.75) is 20.3 Å². The normalized spacial score (nSPS) is 10.7. The molecule has 0 saturated carbocycles. The summed E-state index contributed by atoms with van der Waals surface area (Å²) in [6.07, 6.45) is 1.44. The zero-order valence-electron chi connectivity index (χ0n) is 17.0. The van der Waals surface area contributed by atoms with E-state index in [1.54, 1.807) is 12.1 Å². The molecule has 1 amide bonds. The smallest absolute Gasteiger partial charge is 0.427 e. The third-order valence-corrected chi connectivity index (χ3v) is 4.09. The summed E-state index contributed by atoms with van der Waals surface area (Å²) in [5.41, 5.74) is 5.16. The fourth-order valence-electron chi connectivity index (χ4n) is 2.60. The van der Waals surface area contributed by atoms with Gasteiger partial charge in [-0.2, -0.15) is 5.10 Å². The van der Waals surface area contributed by atoms with Crippen molar-refractivity contribution >= 4 is 23.9 Å². The van der Waals surface area contributed by atoms with E-state index in [9.17, 15) is 4.79 Å². The van der Waals surface area contributed by atoms with Crippen LogP contribution in [0.1, 0.15) is 23.1 Å². The number of ether oxygens (including phenoxy) is 4. The van der Waals surface area contributed by atoms with Gasteiger partial charge in [-0.05, 0) is 54.8 Å². The van der Waals surface area contributed by atoms with E-state index in [2.05, 4.69) is 21.3 Å². The van der Waals surface area contributed by atoms with Crippen molar-refractivity contribution in [2.24, 2.45) is 5.10 Å². The highest BCUT2D eigenvalue weighted by molar-refractivity contribution is 6.32. The summed E-state index contributed by atoms with van der Waals surface area (Å²) in [6, 6.07) is 9.47. The summed E-state index contributed by atoms with van der Waals surface area (Å²) in [7, 11) is 2.78. The fourth-order valence-corrected chi connectivity index (χ4v) is 2.87. The third kappa shape index (κ3) is 7.19. The van der Waals surface area contributed by atoms with Crippen LogP contribution in [0.2, 0.25) is 5.02 Å². The van der Waals surface area contributed by atoms with Gasteiger partial charge in [0.2, 0.25) is 0 Å². The van der Waals surface area contributed by atoms with Crippen molar-refractivity contribution in [3.8, 4) is 17.2 Å². The van der Waals surface area contributed by atoms with Crippen molar-refractivity contribution in [3.63, 3.8) is 0 Å². The molecule has 0 aliphatic carbocycles. The Balaban J connectivity index is 1.90. The van der Waals surface area contributed by atoms with Crippen molar-refractivity contribution in [1.82, 2.24) is 5.43 Å². The number of amides is 1. The molecule has 156 valence electrons. The third-order valence-electron chi connectivity index (χ3n) is 3.81. The van der Waals surface area contributed by atoms with Crippen LogP contribution < -0.4 is 19.6 Å². The Labute approximate surface area is 175 Å². The van der Waals surface area contributed by atoms with Gasteiger partial charge in [-0.15, -0.1) is 0 Å². The molecule has 2 rings (SSSR count). The minimum atomic E-state index is -0.665. The molecule has 0 saturated heterocycles. The Kier molecular flexibility index (Phi) is 8.61. The molecule has 8 heteroatoms. The first kappa shape index (κ1) is 22.4. The van der Waals surface area contributed by atoms with Crippen LogP contribution in [-0.4, -0.2) is 39.7 Å². The van der Waals surface area contributed by atoms with Gasteiger partial charge in [0.05, 0.1) is 38.7 Å². The molecule has 0 atom stereocenters. The van der Waals surface area contributed by atoms with E-state index in [0.717, 1.165) is 16.9 Å². The molecule has 0 aliphatic rings. The number of methoxy groups -OCH3 is 2. The SMILES string of the molecule is COC(=O)N/N=C/c1cc(Cl)c(OCCCOc2cc(C)cc(C)c2)c(OC)c1. The van der Waals surface area contributed by atoms with Crippen LogP contribution in [0.15, 0.2) is 35.4 Å². The van der Waals surface area contributed by atoms with Crippen molar-refractivity contribution < 1.29 is 23.7 Å². The number of hydrogen-bond donors (Lipinski definition) is 1. The Morgan fingerprint density at radius 1 is 1.07 bits per heavy atom. The average molecular weight is 421 g/mol. The minimum Gasteiger partial charge on any atom is -0.493 e. The van der Waals surface area contributed by atoms with Gasteiger partial charge < -0.3 is 18.9 Å². The van der Waals surface area contributed by atoms with Gasteiger partial charge >= 0.3 is 6.09 Å². The number of nitrogens with zero attached hydrogens (tertiary/aromatic N) is 1. The van der Waals surface area contributed by atoms with E-state index in [0.29, 0.717) is 41.7 Å². The zero-order chi connectivity index (χ0) is 21.2. The van der Waals surface area contributed by atoms with Gasteiger partial charge in [-0.3, -0.25) is 0 Å². The number of rotatable bonds is 9. The van der Waals surface area contributed by atoms with E-state index < -0.39 is 6.09 Å². The van der Waals surface area contributed by atoms with Crippen LogP contribution in [-0.2, 0) is 4.74 Å². The van der Waals surface area contributed by atoms with E-state index in [1.807, 2.05) is 26.0 Å².